The summed E-state index contributed by atoms with van der Waals surface area (Å²) in [5, 5.41) is 8.98. The Morgan fingerprint density at radius 2 is 1.84 bits per heavy atom. The van der Waals surface area contributed by atoms with Crippen LogP contribution < -0.4 is 0 Å². The van der Waals surface area contributed by atoms with Gasteiger partial charge in [0.15, 0.2) is 0 Å². The van der Waals surface area contributed by atoms with Gasteiger partial charge in [-0.2, -0.15) is 0 Å². The first-order valence-corrected chi connectivity index (χ1v) is 5.57. The Morgan fingerprint density at radius 3 is 2.47 bits per heavy atom. The second kappa shape index (κ2) is 5.77. The zero-order chi connectivity index (χ0) is 13.7. The lowest BCUT2D eigenvalue weighted by atomic mass is 10.1. The second-order valence-corrected chi connectivity index (χ2v) is 3.79. The number of hydrogen-bond acceptors (Lipinski definition) is 4. The normalized spacial score (nSPS) is 9.89. The summed E-state index contributed by atoms with van der Waals surface area (Å²) in [4.78, 5) is 26.7. The van der Waals surface area contributed by atoms with E-state index < -0.39 is 11.9 Å². The Hall–Kier alpha value is -2.69. The van der Waals surface area contributed by atoms with E-state index in [-0.39, 0.29) is 17.7 Å². The molecule has 1 heterocycles. The number of carboxylic acids is 1. The predicted molar refractivity (Wildman–Crippen MR) is 66.8 cm³/mol. The number of benzene rings is 1. The molecule has 5 heteroatoms. The molecule has 1 N–H and O–H groups in total. The molecule has 0 aliphatic carbocycles. The third kappa shape index (κ3) is 3.16. The molecule has 0 atom stereocenters. The first kappa shape index (κ1) is 12.8. The van der Waals surface area contributed by atoms with Crippen LogP contribution in [0.1, 0.15) is 26.3 Å². The van der Waals surface area contributed by atoms with Gasteiger partial charge in [0.25, 0.3) is 0 Å². The zero-order valence-electron chi connectivity index (χ0n) is 9.95. The fourth-order valence-electron chi connectivity index (χ4n) is 1.56. The molecule has 0 saturated carbocycles. The maximum atomic E-state index is 11.8. The van der Waals surface area contributed by atoms with Gasteiger partial charge in [-0.25, -0.2) is 9.59 Å². The Labute approximate surface area is 109 Å². The highest BCUT2D eigenvalue weighted by atomic mass is 16.5. The number of esters is 1. The Kier molecular flexibility index (Phi) is 3.87. The molecule has 0 fully saturated rings. The number of ether oxygens (including phenoxy) is 1. The molecular weight excluding hydrogens is 246 g/mol. The lowest BCUT2D eigenvalue weighted by molar-refractivity contribution is 0.0463. The first-order valence-electron chi connectivity index (χ1n) is 5.57. The Balaban J connectivity index is 2.10. The van der Waals surface area contributed by atoms with E-state index in [1.165, 1.54) is 12.1 Å². The van der Waals surface area contributed by atoms with Crippen LogP contribution in [0.4, 0.5) is 0 Å². The van der Waals surface area contributed by atoms with Gasteiger partial charge in [0, 0.05) is 18.0 Å². The SMILES string of the molecule is O=C(O)c1ccccc1C(=O)OCc1cccnc1. The van der Waals surface area contributed by atoms with Crippen LogP contribution in [0.3, 0.4) is 0 Å². The molecule has 2 aromatic rings. The van der Waals surface area contributed by atoms with Gasteiger partial charge >= 0.3 is 11.9 Å². The number of carboxylic acid groups (broad SMARTS) is 1. The van der Waals surface area contributed by atoms with Crippen molar-refractivity contribution in [3.05, 3.63) is 65.5 Å². The van der Waals surface area contributed by atoms with Crippen molar-refractivity contribution < 1.29 is 19.4 Å². The molecule has 1 aromatic carbocycles. The van der Waals surface area contributed by atoms with Crippen molar-refractivity contribution in [2.45, 2.75) is 6.61 Å². The number of aromatic carboxylic acids is 1. The van der Waals surface area contributed by atoms with Crippen molar-refractivity contribution in [3.8, 4) is 0 Å². The van der Waals surface area contributed by atoms with Crippen LogP contribution in [0, 0.1) is 0 Å². The summed E-state index contributed by atoms with van der Waals surface area (Å²) >= 11 is 0. The topological polar surface area (TPSA) is 76.5 Å². The third-order valence-electron chi connectivity index (χ3n) is 2.47. The van der Waals surface area contributed by atoms with Crippen LogP contribution in [-0.4, -0.2) is 22.0 Å². The van der Waals surface area contributed by atoms with E-state index in [9.17, 15) is 9.59 Å². The van der Waals surface area contributed by atoms with Gasteiger partial charge in [0.1, 0.15) is 6.61 Å². The Bertz CT molecular complexity index is 595. The summed E-state index contributed by atoms with van der Waals surface area (Å²) in [7, 11) is 0. The number of pyridine rings is 1. The summed E-state index contributed by atoms with van der Waals surface area (Å²) in [5.74, 6) is -1.82. The van der Waals surface area contributed by atoms with Crippen LogP contribution in [0.15, 0.2) is 48.8 Å². The van der Waals surface area contributed by atoms with Gasteiger partial charge in [0.05, 0.1) is 11.1 Å². The molecule has 0 amide bonds. The fraction of sp³-hybridized carbons (Fsp3) is 0.0714. The smallest absolute Gasteiger partial charge is 0.339 e. The number of hydrogen-bond donors (Lipinski definition) is 1. The van der Waals surface area contributed by atoms with E-state index >= 15 is 0 Å². The first-order chi connectivity index (χ1) is 9.18. The van der Waals surface area contributed by atoms with Gasteiger partial charge < -0.3 is 9.84 Å². The lowest BCUT2D eigenvalue weighted by Gasteiger charge is -2.06. The van der Waals surface area contributed by atoms with Crippen molar-refractivity contribution in [3.63, 3.8) is 0 Å². The second-order valence-electron chi connectivity index (χ2n) is 3.79. The van der Waals surface area contributed by atoms with Crippen LogP contribution >= 0.6 is 0 Å². The minimum absolute atomic E-state index is 0.0406. The van der Waals surface area contributed by atoms with Crippen LogP contribution in [0.25, 0.3) is 0 Å². The number of carbonyl (C=O) groups excluding carboxylic acids is 1. The molecule has 0 radical (unpaired) electrons. The van der Waals surface area contributed by atoms with Gasteiger partial charge in [-0.1, -0.05) is 18.2 Å². The highest BCUT2D eigenvalue weighted by Crippen LogP contribution is 2.11. The summed E-state index contributed by atoms with van der Waals surface area (Å²) in [6.07, 6.45) is 3.20. The molecule has 96 valence electrons. The van der Waals surface area contributed by atoms with E-state index in [1.807, 2.05) is 0 Å². The minimum Gasteiger partial charge on any atom is -0.478 e. The highest BCUT2D eigenvalue weighted by Gasteiger charge is 2.16. The van der Waals surface area contributed by atoms with Crippen LogP contribution in [-0.2, 0) is 11.3 Å². The van der Waals surface area contributed by atoms with Crippen LogP contribution in [0.5, 0.6) is 0 Å². The van der Waals surface area contributed by atoms with Crippen LogP contribution in [0.2, 0.25) is 0 Å². The average molecular weight is 257 g/mol. The quantitative estimate of drug-likeness (QED) is 0.849. The molecule has 5 nitrogen and oxygen atoms in total. The molecule has 0 aliphatic heterocycles. The minimum atomic E-state index is -1.16. The van der Waals surface area contributed by atoms with Crippen molar-refractivity contribution in [2.75, 3.05) is 0 Å². The third-order valence-corrected chi connectivity index (χ3v) is 2.47. The Morgan fingerprint density at radius 1 is 1.11 bits per heavy atom. The van der Waals surface area contributed by atoms with E-state index in [2.05, 4.69) is 4.98 Å². The molecule has 2 rings (SSSR count). The van der Waals surface area contributed by atoms with E-state index in [1.54, 1.807) is 36.7 Å². The van der Waals surface area contributed by atoms with Crippen molar-refractivity contribution in [2.24, 2.45) is 0 Å². The maximum Gasteiger partial charge on any atom is 0.339 e. The number of rotatable bonds is 4. The zero-order valence-corrected chi connectivity index (χ0v) is 9.95. The summed E-state index contributed by atoms with van der Waals surface area (Å²) < 4.78 is 5.06. The van der Waals surface area contributed by atoms with Crippen molar-refractivity contribution in [1.82, 2.24) is 4.98 Å². The molecule has 19 heavy (non-hydrogen) atoms. The predicted octanol–water partition coefficient (Wildman–Crippen LogP) is 2.14. The van der Waals surface area contributed by atoms with E-state index in [4.69, 9.17) is 9.84 Å². The molecule has 0 aliphatic rings. The molecular formula is C14H11NO4. The van der Waals surface area contributed by atoms with Crippen molar-refractivity contribution >= 4 is 11.9 Å². The molecule has 0 spiro atoms. The van der Waals surface area contributed by atoms with Gasteiger partial charge in [-0.05, 0) is 18.2 Å². The summed E-state index contributed by atoms with van der Waals surface area (Å²) in [6, 6.07) is 9.43. The van der Waals surface area contributed by atoms with E-state index in [0.29, 0.717) is 0 Å². The average Bonchev–Trinajstić information content (AvgIpc) is 2.46. The number of aromatic nitrogens is 1. The number of nitrogens with zero attached hydrogens (tertiary/aromatic N) is 1. The molecule has 1 aromatic heterocycles. The lowest BCUT2D eigenvalue weighted by Crippen LogP contribution is -2.11. The van der Waals surface area contributed by atoms with Gasteiger partial charge in [0.2, 0.25) is 0 Å². The highest BCUT2D eigenvalue weighted by molar-refractivity contribution is 6.02. The maximum absolute atomic E-state index is 11.8. The van der Waals surface area contributed by atoms with Gasteiger partial charge in [-0.15, -0.1) is 0 Å². The van der Waals surface area contributed by atoms with Crippen molar-refractivity contribution in [1.29, 1.82) is 0 Å². The summed E-state index contributed by atoms with van der Waals surface area (Å²) in [5.41, 5.74) is 0.709. The molecule has 0 bridgehead atoms. The largest absolute Gasteiger partial charge is 0.478 e. The summed E-state index contributed by atoms with van der Waals surface area (Å²) in [6.45, 7) is 0.0562. The standard InChI is InChI=1S/C14H11NO4/c16-13(17)11-5-1-2-6-12(11)14(18)19-9-10-4-3-7-15-8-10/h1-8H,9H2,(H,16,17). The monoisotopic (exact) mass is 257 g/mol. The number of carbonyl (C=O) groups is 2. The molecule has 0 saturated heterocycles. The fourth-order valence-corrected chi connectivity index (χ4v) is 1.56. The molecule has 0 unspecified atom stereocenters. The van der Waals surface area contributed by atoms with Gasteiger partial charge in [-0.3, -0.25) is 4.98 Å². The van der Waals surface area contributed by atoms with E-state index in [0.717, 1.165) is 5.56 Å².